The number of aliphatic hydroxyl groups excluding tert-OH is 1. The molecule has 2 fully saturated rings. The number of hydrogen-bond donors (Lipinski definition) is 2. The molecule has 0 aromatic carbocycles. The van der Waals surface area contributed by atoms with Crippen LogP contribution in [0.2, 0.25) is 0 Å². The molecule has 3 N–H and O–H groups in total. The zero-order valence-corrected chi connectivity index (χ0v) is 16.8. The SMILES string of the molecule is Nc1ncnc2c1nc(Br)n2C1OC2COP(=O)([O-])OC2C1O.[Na]. The molecule has 24 heavy (non-hydrogen) atoms. The topological polar surface area (TPSA) is 158 Å². The number of halogens is 1. The number of nitrogen functional groups attached to an aromatic ring is 1. The molecule has 5 unspecified atom stereocenters. The minimum Gasteiger partial charge on any atom is -0.756 e. The smallest absolute Gasteiger partial charge is 0.268 e. The van der Waals surface area contributed by atoms with E-state index in [9.17, 15) is 14.6 Å². The summed E-state index contributed by atoms with van der Waals surface area (Å²) in [5.74, 6) is 0.169. The summed E-state index contributed by atoms with van der Waals surface area (Å²) in [5, 5.41) is 10.4. The van der Waals surface area contributed by atoms with Crippen molar-refractivity contribution in [2.45, 2.75) is 24.5 Å². The minimum atomic E-state index is -4.44. The number of nitrogens with two attached hydrogens (primary N) is 1. The molecule has 125 valence electrons. The van der Waals surface area contributed by atoms with Gasteiger partial charge < -0.3 is 29.5 Å². The molecular formula is C10H10BrN5NaO6P-. The third kappa shape index (κ3) is 2.94. The molecule has 11 nitrogen and oxygen atoms in total. The molecule has 14 heteroatoms. The van der Waals surface area contributed by atoms with E-state index in [2.05, 4.69) is 35.4 Å². The number of phosphoric ester groups is 1. The predicted octanol–water partition coefficient (Wildman–Crippen LogP) is -1.07. The first-order chi connectivity index (χ1) is 10.9. The van der Waals surface area contributed by atoms with Gasteiger partial charge in [0.25, 0.3) is 7.82 Å². The van der Waals surface area contributed by atoms with Crippen molar-refractivity contribution in [2.75, 3.05) is 12.3 Å². The first-order valence-corrected chi connectivity index (χ1v) is 8.74. The molecular weight excluding hydrogens is 420 g/mol. The Labute approximate surface area is 165 Å². The quantitative estimate of drug-likeness (QED) is 0.324. The van der Waals surface area contributed by atoms with Crippen LogP contribution in [0.3, 0.4) is 0 Å². The molecule has 0 spiro atoms. The zero-order valence-electron chi connectivity index (χ0n) is 12.3. The number of hydrogen-bond acceptors (Lipinski definition) is 10. The first-order valence-electron chi connectivity index (χ1n) is 6.49. The number of rotatable bonds is 1. The average Bonchev–Trinajstić information content (AvgIpc) is 2.97. The van der Waals surface area contributed by atoms with Crippen molar-refractivity contribution in [1.29, 1.82) is 0 Å². The Kier molecular flexibility index (Phi) is 5.08. The summed E-state index contributed by atoms with van der Waals surface area (Å²) in [7, 11) is -4.44. The van der Waals surface area contributed by atoms with E-state index in [-0.39, 0.29) is 42.0 Å². The number of aliphatic hydroxyl groups is 1. The van der Waals surface area contributed by atoms with E-state index in [0.29, 0.717) is 15.9 Å². The molecule has 5 atom stereocenters. The van der Waals surface area contributed by atoms with Gasteiger partial charge in [0.2, 0.25) is 0 Å². The fourth-order valence-corrected chi connectivity index (χ4v) is 4.16. The molecule has 0 amide bonds. The molecule has 2 aliphatic heterocycles. The molecule has 2 aromatic heterocycles. The molecule has 0 saturated carbocycles. The Morgan fingerprint density at radius 3 is 3.00 bits per heavy atom. The summed E-state index contributed by atoms with van der Waals surface area (Å²) in [5.41, 5.74) is 6.41. The van der Waals surface area contributed by atoms with Crippen LogP contribution in [0.4, 0.5) is 5.82 Å². The Morgan fingerprint density at radius 1 is 1.50 bits per heavy atom. The third-order valence-corrected chi connectivity index (χ3v) is 5.20. The van der Waals surface area contributed by atoms with E-state index in [1.54, 1.807) is 0 Å². The number of phosphoric acid groups is 1. The van der Waals surface area contributed by atoms with Crippen LogP contribution >= 0.6 is 23.8 Å². The third-order valence-electron chi connectivity index (χ3n) is 3.67. The van der Waals surface area contributed by atoms with Crippen molar-refractivity contribution in [3.05, 3.63) is 11.1 Å². The van der Waals surface area contributed by atoms with Crippen molar-refractivity contribution in [2.24, 2.45) is 0 Å². The Bertz CT molecular complexity index is 837. The van der Waals surface area contributed by atoms with E-state index in [1.165, 1.54) is 10.9 Å². The van der Waals surface area contributed by atoms with Gasteiger partial charge in [0, 0.05) is 29.6 Å². The number of imidazole rings is 1. The van der Waals surface area contributed by atoms with Gasteiger partial charge in [0.05, 0.1) is 6.61 Å². The first kappa shape index (κ1) is 18.6. The predicted molar refractivity (Wildman–Crippen MR) is 81.5 cm³/mol. The molecule has 4 heterocycles. The fourth-order valence-electron chi connectivity index (χ4n) is 2.67. The van der Waals surface area contributed by atoms with Gasteiger partial charge in [0.15, 0.2) is 27.9 Å². The normalized spacial score (nSPS) is 35.6. The van der Waals surface area contributed by atoms with Crippen LogP contribution in [0, 0.1) is 0 Å². The molecule has 2 aromatic rings. The molecule has 2 saturated heterocycles. The van der Waals surface area contributed by atoms with Gasteiger partial charge >= 0.3 is 0 Å². The summed E-state index contributed by atoms with van der Waals surface area (Å²) in [6.45, 7) is -0.236. The number of nitrogens with zero attached hydrogens (tertiary/aromatic N) is 4. The molecule has 1 radical (unpaired) electrons. The Hall–Kier alpha value is -0.140. The summed E-state index contributed by atoms with van der Waals surface area (Å²) < 4.78 is 28.2. The van der Waals surface area contributed by atoms with E-state index in [0.717, 1.165) is 0 Å². The van der Waals surface area contributed by atoms with Gasteiger partial charge in [-0.3, -0.25) is 9.13 Å². The van der Waals surface area contributed by atoms with E-state index < -0.39 is 32.4 Å². The maximum atomic E-state index is 11.4. The van der Waals surface area contributed by atoms with Crippen LogP contribution in [0.15, 0.2) is 11.1 Å². The van der Waals surface area contributed by atoms with Crippen molar-refractivity contribution in [3.8, 4) is 0 Å². The largest absolute Gasteiger partial charge is 0.756 e. The van der Waals surface area contributed by atoms with Gasteiger partial charge in [-0.05, 0) is 15.9 Å². The minimum absolute atomic E-state index is 0. The van der Waals surface area contributed by atoms with Gasteiger partial charge in [-0.25, -0.2) is 15.0 Å². The second-order valence-electron chi connectivity index (χ2n) is 5.05. The van der Waals surface area contributed by atoms with Crippen molar-refractivity contribution >= 4 is 70.3 Å². The number of aromatic nitrogens is 4. The van der Waals surface area contributed by atoms with Gasteiger partial charge in [-0.1, -0.05) is 0 Å². The summed E-state index contributed by atoms with van der Waals surface area (Å²) >= 11 is 3.25. The van der Waals surface area contributed by atoms with Crippen LogP contribution in [0.25, 0.3) is 11.2 Å². The second-order valence-corrected chi connectivity index (χ2v) is 7.12. The van der Waals surface area contributed by atoms with E-state index >= 15 is 0 Å². The van der Waals surface area contributed by atoms with Crippen LogP contribution < -0.4 is 10.6 Å². The molecule has 0 bridgehead atoms. The van der Waals surface area contributed by atoms with Crippen LogP contribution in [-0.4, -0.2) is 79.1 Å². The average molecular weight is 430 g/mol. The second kappa shape index (κ2) is 6.54. The van der Waals surface area contributed by atoms with E-state index in [4.69, 9.17) is 15.0 Å². The maximum Gasteiger partial charge on any atom is 0.268 e. The maximum absolute atomic E-state index is 11.4. The van der Waals surface area contributed by atoms with Crippen molar-refractivity contribution in [3.63, 3.8) is 0 Å². The summed E-state index contributed by atoms with van der Waals surface area (Å²) in [6.07, 6.45) is -2.80. The fraction of sp³-hybridized carbons (Fsp3) is 0.500. The van der Waals surface area contributed by atoms with Gasteiger partial charge in [-0.2, -0.15) is 0 Å². The van der Waals surface area contributed by atoms with Crippen LogP contribution in [-0.2, 0) is 18.3 Å². The standard InChI is InChI=1S/C10H11BrN5O6P.Na/c11-10-15-4-7(12)13-2-14-8(4)16(10)9-5(17)6-3(21-9)1-20-23(18,19)22-6;/h2-3,5-6,9,17H,1H2,(H,18,19)(H2,12,13,14);/p-1. The van der Waals surface area contributed by atoms with Gasteiger partial charge in [0.1, 0.15) is 24.6 Å². The van der Waals surface area contributed by atoms with Crippen molar-refractivity contribution < 1.29 is 28.3 Å². The number of ether oxygens (including phenoxy) is 1. The molecule has 4 rings (SSSR count). The van der Waals surface area contributed by atoms with Crippen LogP contribution in [0.1, 0.15) is 6.23 Å². The molecule has 0 aliphatic carbocycles. The van der Waals surface area contributed by atoms with E-state index in [1.807, 2.05) is 0 Å². The van der Waals surface area contributed by atoms with Crippen molar-refractivity contribution in [1.82, 2.24) is 19.5 Å². The summed E-state index contributed by atoms with van der Waals surface area (Å²) in [6, 6.07) is 0. The summed E-state index contributed by atoms with van der Waals surface area (Å²) in [4.78, 5) is 23.5. The van der Waals surface area contributed by atoms with Crippen LogP contribution in [0.5, 0.6) is 0 Å². The number of anilines is 1. The van der Waals surface area contributed by atoms with Gasteiger partial charge in [-0.15, -0.1) is 0 Å². The monoisotopic (exact) mass is 429 g/mol. The Balaban J connectivity index is 0.00000169. The Morgan fingerprint density at radius 2 is 2.25 bits per heavy atom. The molecule has 2 aliphatic rings. The zero-order chi connectivity index (χ0) is 16.4. The number of fused-ring (bicyclic) bond motifs is 2.